The minimum absolute atomic E-state index is 0.0869. The molecule has 2 aliphatic rings. The Morgan fingerprint density at radius 1 is 0.941 bits per heavy atom. The van der Waals surface area contributed by atoms with E-state index in [1.807, 2.05) is 12.1 Å². The van der Waals surface area contributed by atoms with Gasteiger partial charge < -0.3 is 15.5 Å². The molecule has 4 rings (SSSR count). The van der Waals surface area contributed by atoms with E-state index in [1.165, 1.54) is 18.4 Å². The number of hydrogen-bond acceptors (Lipinski definition) is 4. The normalized spacial score (nSPS) is 18.7. The van der Waals surface area contributed by atoms with Gasteiger partial charge >= 0.3 is 0 Å². The summed E-state index contributed by atoms with van der Waals surface area (Å²) in [6, 6.07) is 15.3. The van der Waals surface area contributed by atoms with Crippen LogP contribution in [0.4, 0.5) is 5.69 Å². The van der Waals surface area contributed by atoms with E-state index in [4.69, 9.17) is 0 Å². The van der Waals surface area contributed by atoms with Crippen molar-refractivity contribution in [1.82, 2.24) is 15.5 Å². The Kier molecular flexibility index (Phi) is 7.95. The van der Waals surface area contributed by atoms with E-state index < -0.39 is 0 Å². The van der Waals surface area contributed by atoms with Gasteiger partial charge in [0.25, 0.3) is 5.91 Å². The number of likely N-dealkylation sites (tertiary alicyclic amines) is 1. The van der Waals surface area contributed by atoms with E-state index in [9.17, 15) is 14.4 Å². The highest BCUT2D eigenvalue weighted by Gasteiger charge is 2.21. The average molecular weight is 463 g/mol. The van der Waals surface area contributed by atoms with Gasteiger partial charge in [-0.2, -0.15) is 0 Å². The third kappa shape index (κ3) is 6.44. The molecular weight excluding hydrogens is 428 g/mol. The Bertz CT molecular complexity index is 1000. The fourth-order valence-electron chi connectivity index (χ4n) is 4.69. The van der Waals surface area contributed by atoms with Crippen molar-refractivity contribution in [3.63, 3.8) is 0 Å². The van der Waals surface area contributed by atoms with E-state index >= 15 is 0 Å². The first-order valence-corrected chi connectivity index (χ1v) is 12.2. The molecule has 34 heavy (non-hydrogen) atoms. The molecule has 180 valence electrons. The van der Waals surface area contributed by atoms with Crippen LogP contribution in [0.5, 0.6) is 0 Å². The van der Waals surface area contributed by atoms with Crippen LogP contribution in [-0.2, 0) is 22.7 Å². The lowest BCUT2D eigenvalue weighted by Crippen LogP contribution is -2.36. The summed E-state index contributed by atoms with van der Waals surface area (Å²) in [6.45, 7) is 6.66. The summed E-state index contributed by atoms with van der Waals surface area (Å²) in [7, 11) is 0. The fourth-order valence-corrected chi connectivity index (χ4v) is 4.69. The molecule has 0 spiro atoms. The van der Waals surface area contributed by atoms with Gasteiger partial charge in [-0.1, -0.05) is 31.2 Å². The van der Waals surface area contributed by atoms with Crippen LogP contribution in [0.1, 0.15) is 54.1 Å². The van der Waals surface area contributed by atoms with Crippen LogP contribution in [0.2, 0.25) is 0 Å². The molecule has 0 aliphatic carbocycles. The predicted molar refractivity (Wildman–Crippen MR) is 132 cm³/mol. The van der Waals surface area contributed by atoms with Crippen LogP contribution in [0.25, 0.3) is 0 Å². The molecule has 7 nitrogen and oxygen atoms in total. The number of nitrogens with zero attached hydrogens (tertiary/aromatic N) is 2. The molecule has 1 unspecified atom stereocenters. The monoisotopic (exact) mass is 462 g/mol. The Hall–Kier alpha value is -3.19. The van der Waals surface area contributed by atoms with E-state index in [-0.39, 0.29) is 24.3 Å². The summed E-state index contributed by atoms with van der Waals surface area (Å²) < 4.78 is 0. The highest BCUT2D eigenvalue weighted by Crippen LogP contribution is 2.21. The number of benzene rings is 2. The molecule has 0 bridgehead atoms. The van der Waals surface area contributed by atoms with Gasteiger partial charge in [-0.3, -0.25) is 19.3 Å². The number of carbonyl (C=O) groups excluding carboxylic acids is 3. The van der Waals surface area contributed by atoms with Gasteiger partial charge in [0, 0.05) is 43.9 Å². The number of hydrogen-bond donors (Lipinski definition) is 2. The maximum Gasteiger partial charge on any atom is 0.251 e. The molecule has 2 aliphatic heterocycles. The first kappa shape index (κ1) is 24.0. The molecule has 2 saturated heterocycles. The molecule has 0 radical (unpaired) electrons. The quantitative estimate of drug-likeness (QED) is 0.632. The van der Waals surface area contributed by atoms with Gasteiger partial charge in [0.2, 0.25) is 11.8 Å². The van der Waals surface area contributed by atoms with Crippen molar-refractivity contribution in [2.45, 2.75) is 45.7 Å². The first-order valence-electron chi connectivity index (χ1n) is 12.2. The van der Waals surface area contributed by atoms with Gasteiger partial charge in [-0.25, -0.2) is 0 Å². The lowest BCUT2D eigenvalue weighted by atomic mass is 9.99. The molecule has 0 aromatic heterocycles. The number of amides is 3. The molecule has 0 saturated carbocycles. The minimum Gasteiger partial charge on any atom is -0.350 e. The lowest BCUT2D eigenvalue weighted by molar-refractivity contribution is -0.120. The lowest BCUT2D eigenvalue weighted by Gasteiger charge is -2.30. The number of carbonyl (C=O) groups is 3. The Labute approximate surface area is 201 Å². The molecule has 1 atom stereocenters. The molecule has 3 amide bonds. The zero-order valence-electron chi connectivity index (χ0n) is 19.9. The second-order valence-electron chi connectivity index (χ2n) is 9.45. The molecule has 2 aromatic carbocycles. The minimum atomic E-state index is -0.314. The number of piperidine rings is 1. The largest absolute Gasteiger partial charge is 0.350 e. The van der Waals surface area contributed by atoms with Crippen LogP contribution in [0.15, 0.2) is 48.5 Å². The van der Waals surface area contributed by atoms with Gasteiger partial charge in [0.15, 0.2) is 0 Å². The van der Waals surface area contributed by atoms with Gasteiger partial charge in [-0.05, 0) is 67.1 Å². The molecule has 2 N–H and O–H groups in total. The van der Waals surface area contributed by atoms with Crippen molar-refractivity contribution in [3.8, 4) is 0 Å². The molecule has 2 fully saturated rings. The number of nitrogens with one attached hydrogen (secondary N) is 2. The highest BCUT2D eigenvalue weighted by atomic mass is 16.2. The average Bonchev–Trinajstić information content (AvgIpc) is 3.28. The maximum absolute atomic E-state index is 12.4. The van der Waals surface area contributed by atoms with Gasteiger partial charge in [0.1, 0.15) is 0 Å². The van der Waals surface area contributed by atoms with Crippen molar-refractivity contribution >= 4 is 23.4 Å². The molecule has 7 heteroatoms. The van der Waals surface area contributed by atoms with Crippen LogP contribution in [0.3, 0.4) is 0 Å². The topological polar surface area (TPSA) is 81.8 Å². The Morgan fingerprint density at radius 3 is 2.35 bits per heavy atom. The van der Waals surface area contributed by atoms with E-state index in [2.05, 4.69) is 34.6 Å². The standard InChI is InChI=1S/C27H34N4O3/c1-20-4-2-14-30(18-20)19-22-8-6-21(7-9-22)16-28-25(32)17-29-27(34)23-10-12-24(13-11-23)31-15-3-5-26(31)33/h6-13,20H,2-5,14-19H2,1H3,(H,28,32)(H,29,34). The second-order valence-corrected chi connectivity index (χ2v) is 9.45. The Morgan fingerprint density at radius 2 is 1.68 bits per heavy atom. The van der Waals surface area contributed by atoms with Crippen LogP contribution < -0.4 is 15.5 Å². The van der Waals surface area contributed by atoms with E-state index in [1.54, 1.807) is 29.2 Å². The second kappa shape index (κ2) is 11.3. The van der Waals surface area contributed by atoms with Gasteiger partial charge in [0.05, 0.1) is 6.54 Å². The Balaban J connectivity index is 1.18. The van der Waals surface area contributed by atoms with Gasteiger partial charge in [-0.15, -0.1) is 0 Å². The van der Waals surface area contributed by atoms with E-state index in [0.29, 0.717) is 25.1 Å². The zero-order valence-corrected chi connectivity index (χ0v) is 19.9. The molecule has 2 aromatic rings. The summed E-state index contributed by atoms with van der Waals surface area (Å²) >= 11 is 0. The highest BCUT2D eigenvalue weighted by molar-refractivity contribution is 5.98. The van der Waals surface area contributed by atoms with Crippen molar-refractivity contribution in [1.29, 1.82) is 0 Å². The summed E-state index contributed by atoms with van der Waals surface area (Å²) in [5.74, 6) is 0.327. The maximum atomic E-state index is 12.4. The zero-order chi connectivity index (χ0) is 23.9. The SMILES string of the molecule is CC1CCCN(Cc2ccc(CNC(=O)CNC(=O)c3ccc(N4CCCC4=O)cc3)cc2)C1. The summed E-state index contributed by atoms with van der Waals surface area (Å²) in [6.07, 6.45) is 4.02. The third-order valence-electron chi connectivity index (χ3n) is 6.58. The predicted octanol–water partition coefficient (Wildman–Crippen LogP) is 3.09. The summed E-state index contributed by atoms with van der Waals surface area (Å²) in [5, 5.41) is 5.51. The third-order valence-corrected chi connectivity index (χ3v) is 6.58. The van der Waals surface area contributed by atoms with Crippen LogP contribution in [-0.4, -0.2) is 48.8 Å². The summed E-state index contributed by atoms with van der Waals surface area (Å²) in [4.78, 5) is 40.6. The van der Waals surface area contributed by atoms with Crippen LogP contribution >= 0.6 is 0 Å². The molecular formula is C27H34N4O3. The van der Waals surface area contributed by atoms with Crippen molar-refractivity contribution in [2.75, 3.05) is 31.1 Å². The first-order chi connectivity index (χ1) is 16.5. The summed E-state index contributed by atoms with van der Waals surface area (Å²) in [5.41, 5.74) is 3.58. The molecule has 2 heterocycles. The van der Waals surface area contributed by atoms with Crippen molar-refractivity contribution < 1.29 is 14.4 Å². The van der Waals surface area contributed by atoms with Crippen LogP contribution in [0, 0.1) is 5.92 Å². The van der Waals surface area contributed by atoms with E-state index in [0.717, 1.165) is 43.2 Å². The fraction of sp³-hybridized carbons (Fsp3) is 0.444. The number of rotatable bonds is 8. The van der Waals surface area contributed by atoms with Crippen molar-refractivity contribution in [2.24, 2.45) is 5.92 Å². The smallest absolute Gasteiger partial charge is 0.251 e. The van der Waals surface area contributed by atoms with Crippen molar-refractivity contribution in [3.05, 3.63) is 65.2 Å². The number of anilines is 1.